The van der Waals surface area contributed by atoms with Gasteiger partial charge in [0.2, 0.25) is 0 Å². The highest BCUT2D eigenvalue weighted by Crippen LogP contribution is 2.16. The lowest BCUT2D eigenvalue weighted by molar-refractivity contribution is 0.425. The first kappa shape index (κ1) is 11.0. The number of nitrogens with one attached hydrogen (secondary N) is 1. The molecule has 1 rings (SSSR count). The topological polar surface area (TPSA) is 15.3 Å². The molecule has 0 heterocycles. The standard InChI is InChI=1S/C11H17FN2/c1-9-10(12)5-4-6-11(9)13-7-8-14(2)3/h4-6,13H,7-8H2,1-3H3. The van der Waals surface area contributed by atoms with Crippen LogP contribution >= 0.6 is 0 Å². The zero-order chi connectivity index (χ0) is 10.6. The van der Waals surface area contributed by atoms with Gasteiger partial charge in [-0.15, -0.1) is 0 Å². The first-order valence-corrected chi connectivity index (χ1v) is 4.75. The van der Waals surface area contributed by atoms with Crippen LogP contribution in [0, 0.1) is 12.7 Å². The molecule has 3 heteroatoms. The summed E-state index contributed by atoms with van der Waals surface area (Å²) in [5.41, 5.74) is 1.57. The molecule has 14 heavy (non-hydrogen) atoms. The summed E-state index contributed by atoms with van der Waals surface area (Å²) in [6.07, 6.45) is 0. The molecule has 1 aromatic carbocycles. The average molecular weight is 196 g/mol. The van der Waals surface area contributed by atoms with Gasteiger partial charge < -0.3 is 10.2 Å². The van der Waals surface area contributed by atoms with E-state index >= 15 is 0 Å². The van der Waals surface area contributed by atoms with Crippen LogP contribution in [-0.2, 0) is 0 Å². The van der Waals surface area contributed by atoms with E-state index in [9.17, 15) is 4.39 Å². The van der Waals surface area contributed by atoms with Crippen molar-refractivity contribution in [2.45, 2.75) is 6.92 Å². The van der Waals surface area contributed by atoms with E-state index in [0.29, 0.717) is 5.56 Å². The van der Waals surface area contributed by atoms with Crippen LogP contribution in [0.25, 0.3) is 0 Å². The van der Waals surface area contributed by atoms with Crippen molar-refractivity contribution in [3.8, 4) is 0 Å². The third-order valence-corrected chi connectivity index (χ3v) is 2.14. The van der Waals surface area contributed by atoms with Gasteiger partial charge >= 0.3 is 0 Å². The maximum Gasteiger partial charge on any atom is 0.128 e. The van der Waals surface area contributed by atoms with Crippen molar-refractivity contribution in [1.29, 1.82) is 0 Å². The lowest BCUT2D eigenvalue weighted by atomic mass is 10.2. The molecule has 2 nitrogen and oxygen atoms in total. The van der Waals surface area contributed by atoms with E-state index in [4.69, 9.17) is 0 Å². The predicted molar refractivity (Wildman–Crippen MR) is 58.2 cm³/mol. The number of rotatable bonds is 4. The number of benzene rings is 1. The third kappa shape index (κ3) is 3.00. The van der Waals surface area contributed by atoms with Crippen LogP contribution in [0.4, 0.5) is 10.1 Å². The number of anilines is 1. The van der Waals surface area contributed by atoms with Gasteiger partial charge in [0.25, 0.3) is 0 Å². The lowest BCUT2D eigenvalue weighted by Crippen LogP contribution is -2.21. The molecule has 0 amide bonds. The van der Waals surface area contributed by atoms with Crippen LogP contribution in [0.5, 0.6) is 0 Å². The molecule has 0 unspecified atom stereocenters. The van der Waals surface area contributed by atoms with Gasteiger partial charge in [0, 0.05) is 24.3 Å². The van der Waals surface area contributed by atoms with Crippen molar-refractivity contribution >= 4 is 5.69 Å². The normalized spacial score (nSPS) is 10.6. The monoisotopic (exact) mass is 196 g/mol. The Morgan fingerprint density at radius 1 is 1.36 bits per heavy atom. The summed E-state index contributed by atoms with van der Waals surface area (Å²) in [7, 11) is 4.03. The minimum absolute atomic E-state index is 0.153. The summed E-state index contributed by atoms with van der Waals surface area (Å²) in [6.45, 7) is 3.56. The fraction of sp³-hybridized carbons (Fsp3) is 0.455. The van der Waals surface area contributed by atoms with Gasteiger partial charge in [-0.3, -0.25) is 0 Å². The number of likely N-dealkylation sites (N-methyl/N-ethyl adjacent to an activating group) is 1. The molecule has 0 radical (unpaired) electrons. The van der Waals surface area contributed by atoms with Gasteiger partial charge in [0.05, 0.1) is 0 Å². The van der Waals surface area contributed by atoms with Crippen LogP contribution in [0.3, 0.4) is 0 Å². The van der Waals surface area contributed by atoms with Crippen molar-refractivity contribution in [1.82, 2.24) is 4.90 Å². The first-order valence-electron chi connectivity index (χ1n) is 4.75. The summed E-state index contributed by atoms with van der Waals surface area (Å²) < 4.78 is 13.1. The van der Waals surface area contributed by atoms with Gasteiger partial charge in [-0.2, -0.15) is 0 Å². The Bertz CT molecular complexity index is 297. The number of halogens is 1. The molecule has 1 N–H and O–H groups in total. The Balaban J connectivity index is 2.54. The minimum Gasteiger partial charge on any atom is -0.383 e. The molecule has 1 aromatic rings. The second kappa shape index (κ2) is 4.96. The molecule has 0 aliphatic heterocycles. The van der Waals surface area contributed by atoms with Crippen molar-refractivity contribution in [2.75, 3.05) is 32.5 Å². The highest BCUT2D eigenvalue weighted by atomic mass is 19.1. The fourth-order valence-corrected chi connectivity index (χ4v) is 1.21. The zero-order valence-corrected chi connectivity index (χ0v) is 8.97. The van der Waals surface area contributed by atoms with E-state index in [1.54, 1.807) is 13.0 Å². The molecular weight excluding hydrogens is 179 g/mol. The van der Waals surface area contributed by atoms with Crippen molar-refractivity contribution < 1.29 is 4.39 Å². The molecule has 0 spiro atoms. The largest absolute Gasteiger partial charge is 0.383 e. The summed E-state index contributed by atoms with van der Waals surface area (Å²) in [6, 6.07) is 5.10. The summed E-state index contributed by atoms with van der Waals surface area (Å²) in [5.74, 6) is -0.153. The van der Waals surface area contributed by atoms with E-state index in [0.717, 1.165) is 18.8 Å². The second-order valence-electron chi connectivity index (χ2n) is 3.64. The van der Waals surface area contributed by atoms with Crippen LogP contribution in [0.1, 0.15) is 5.56 Å². The molecule has 0 bridgehead atoms. The van der Waals surface area contributed by atoms with Crippen molar-refractivity contribution in [3.05, 3.63) is 29.6 Å². The maximum absolute atomic E-state index is 13.1. The molecule has 78 valence electrons. The lowest BCUT2D eigenvalue weighted by Gasteiger charge is -2.13. The Hall–Kier alpha value is -1.09. The summed E-state index contributed by atoms with van der Waals surface area (Å²) >= 11 is 0. The SMILES string of the molecule is Cc1c(F)cccc1NCCN(C)C. The van der Waals surface area contributed by atoms with Crippen LogP contribution < -0.4 is 5.32 Å². The molecule has 0 saturated heterocycles. The maximum atomic E-state index is 13.1. The second-order valence-corrected chi connectivity index (χ2v) is 3.64. The number of hydrogen-bond acceptors (Lipinski definition) is 2. The van der Waals surface area contributed by atoms with E-state index in [-0.39, 0.29) is 5.82 Å². The molecule has 0 aromatic heterocycles. The quantitative estimate of drug-likeness (QED) is 0.793. The van der Waals surface area contributed by atoms with Gasteiger partial charge in [-0.1, -0.05) is 6.07 Å². The van der Waals surface area contributed by atoms with Crippen molar-refractivity contribution in [3.63, 3.8) is 0 Å². The molecule has 0 atom stereocenters. The Morgan fingerprint density at radius 3 is 2.71 bits per heavy atom. The molecular formula is C11H17FN2. The highest BCUT2D eigenvalue weighted by Gasteiger charge is 2.01. The van der Waals surface area contributed by atoms with Crippen molar-refractivity contribution in [2.24, 2.45) is 0 Å². The average Bonchev–Trinajstić information content (AvgIpc) is 2.12. The third-order valence-electron chi connectivity index (χ3n) is 2.14. The van der Waals surface area contributed by atoms with E-state index in [2.05, 4.69) is 10.2 Å². The molecule has 0 aliphatic carbocycles. The Labute approximate surface area is 84.7 Å². The molecule has 0 aliphatic rings. The summed E-state index contributed by atoms with van der Waals surface area (Å²) in [4.78, 5) is 2.08. The number of nitrogens with zero attached hydrogens (tertiary/aromatic N) is 1. The summed E-state index contributed by atoms with van der Waals surface area (Å²) in [5, 5.41) is 3.20. The fourth-order valence-electron chi connectivity index (χ4n) is 1.21. The number of hydrogen-bond donors (Lipinski definition) is 1. The van der Waals surface area contributed by atoms with E-state index in [1.807, 2.05) is 20.2 Å². The Morgan fingerprint density at radius 2 is 2.07 bits per heavy atom. The smallest absolute Gasteiger partial charge is 0.128 e. The Kier molecular flexibility index (Phi) is 3.89. The predicted octanol–water partition coefficient (Wildman–Crippen LogP) is 2.11. The van der Waals surface area contributed by atoms with Gasteiger partial charge in [0.1, 0.15) is 5.82 Å². The molecule has 0 saturated carbocycles. The van der Waals surface area contributed by atoms with Gasteiger partial charge in [0.15, 0.2) is 0 Å². The zero-order valence-electron chi connectivity index (χ0n) is 8.97. The van der Waals surface area contributed by atoms with E-state index in [1.165, 1.54) is 6.07 Å². The first-order chi connectivity index (χ1) is 6.61. The van der Waals surface area contributed by atoms with Crippen LogP contribution in [-0.4, -0.2) is 32.1 Å². The van der Waals surface area contributed by atoms with Gasteiger partial charge in [-0.25, -0.2) is 4.39 Å². The van der Waals surface area contributed by atoms with Crippen LogP contribution in [0.15, 0.2) is 18.2 Å². The van der Waals surface area contributed by atoms with Gasteiger partial charge in [-0.05, 0) is 33.2 Å². The van der Waals surface area contributed by atoms with E-state index < -0.39 is 0 Å². The molecule has 0 fully saturated rings. The van der Waals surface area contributed by atoms with Crippen LogP contribution in [0.2, 0.25) is 0 Å². The highest BCUT2D eigenvalue weighted by molar-refractivity contribution is 5.50. The minimum atomic E-state index is -0.153.